The molecule has 0 aliphatic rings. The molecule has 0 bridgehead atoms. The van der Waals surface area contributed by atoms with E-state index in [2.05, 4.69) is 5.32 Å². The van der Waals surface area contributed by atoms with E-state index in [1.54, 1.807) is 7.11 Å². The summed E-state index contributed by atoms with van der Waals surface area (Å²) in [5.41, 5.74) is 0.968. The Morgan fingerprint density at radius 1 is 1.29 bits per heavy atom. The van der Waals surface area contributed by atoms with Crippen molar-refractivity contribution < 1.29 is 14.3 Å². The fourth-order valence-electron chi connectivity index (χ4n) is 1.27. The second-order valence-electron chi connectivity index (χ2n) is 3.94. The number of carbonyl (C=O) groups is 1. The van der Waals surface area contributed by atoms with E-state index in [0.29, 0.717) is 0 Å². The first-order chi connectivity index (χ1) is 8.13. The van der Waals surface area contributed by atoms with Crippen molar-refractivity contribution in [2.75, 3.05) is 7.11 Å². The zero-order chi connectivity index (χ0) is 12.7. The zero-order valence-corrected chi connectivity index (χ0v) is 10.5. The first-order valence-corrected chi connectivity index (χ1v) is 5.63. The molecule has 0 aliphatic carbocycles. The minimum Gasteiger partial charge on any atom is -0.445 e. The van der Waals surface area contributed by atoms with Crippen LogP contribution in [-0.4, -0.2) is 25.3 Å². The van der Waals surface area contributed by atoms with Gasteiger partial charge >= 0.3 is 6.09 Å². The molecule has 0 saturated carbocycles. The van der Waals surface area contributed by atoms with Crippen LogP contribution >= 0.6 is 0 Å². The van der Waals surface area contributed by atoms with Crippen molar-refractivity contribution in [1.82, 2.24) is 5.32 Å². The van der Waals surface area contributed by atoms with Crippen LogP contribution in [-0.2, 0) is 16.1 Å². The van der Waals surface area contributed by atoms with E-state index in [0.717, 1.165) is 5.56 Å². The summed E-state index contributed by atoms with van der Waals surface area (Å²) in [6.07, 6.45) is -0.468. The molecule has 17 heavy (non-hydrogen) atoms. The van der Waals surface area contributed by atoms with Crippen molar-refractivity contribution in [1.29, 1.82) is 0 Å². The Kier molecular flexibility index (Phi) is 5.49. The van der Waals surface area contributed by atoms with Crippen molar-refractivity contribution in [3.05, 3.63) is 35.9 Å². The minimum atomic E-state index is -0.426. The first-order valence-electron chi connectivity index (χ1n) is 5.63. The Morgan fingerprint density at radius 2 is 1.94 bits per heavy atom. The molecule has 0 aliphatic heterocycles. The van der Waals surface area contributed by atoms with Gasteiger partial charge in [0.05, 0.1) is 12.1 Å². The standard InChI is InChI=1S/C13H19NO3/c1-10(11(2)16-3)14-13(15)17-9-12-7-5-4-6-8-12/h4-8,10-11H,9H2,1-3H3,(H,14,15)/t10-,11+/m1/s1. The van der Waals surface area contributed by atoms with Crippen molar-refractivity contribution in [2.24, 2.45) is 0 Å². The van der Waals surface area contributed by atoms with Crippen molar-refractivity contribution in [3.8, 4) is 0 Å². The van der Waals surface area contributed by atoms with Crippen LogP contribution in [0.4, 0.5) is 4.79 Å². The molecule has 4 heteroatoms. The summed E-state index contributed by atoms with van der Waals surface area (Å²) in [7, 11) is 1.61. The second kappa shape index (κ2) is 6.91. The lowest BCUT2D eigenvalue weighted by Gasteiger charge is -2.19. The lowest BCUT2D eigenvalue weighted by molar-refractivity contribution is 0.0793. The zero-order valence-electron chi connectivity index (χ0n) is 10.5. The SMILES string of the molecule is CO[C@@H](C)[C@@H](C)NC(=O)OCc1ccccc1. The number of carbonyl (C=O) groups excluding carboxylic acids is 1. The highest BCUT2D eigenvalue weighted by atomic mass is 16.5. The van der Waals surface area contributed by atoms with Gasteiger partial charge in [-0.25, -0.2) is 4.79 Å². The van der Waals surface area contributed by atoms with E-state index in [1.807, 2.05) is 44.2 Å². The largest absolute Gasteiger partial charge is 0.445 e. The van der Waals surface area contributed by atoms with Gasteiger partial charge in [0, 0.05) is 7.11 Å². The fraction of sp³-hybridized carbons (Fsp3) is 0.462. The summed E-state index contributed by atoms with van der Waals surface area (Å²) in [6, 6.07) is 9.48. The Labute approximate surface area is 102 Å². The van der Waals surface area contributed by atoms with Gasteiger partial charge in [-0.3, -0.25) is 0 Å². The molecular weight excluding hydrogens is 218 g/mol. The molecule has 1 aromatic rings. The monoisotopic (exact) mass is 237 g/mol. The minimum absolute atomic E-state index is 0.0423. The molecule has 1 rings (SSSR count). The third-order valence-corrected chi connectivity index (χ3v) is 2.63. The maximum absolute atomic E-state index is 11.5. The summed E-state index contributed by atoms with van der Waals surface area (Å²) < 4.78 is 10.2. The van der Waals surface area contributed by atoms with E-state index in [-0.39, 0.29) is 18.8 Å². The summed E-state index contributed by atoms with van der Waals surface area (Å²) in [5, 5.41) is 2.71. The highest BCUT2D eigenvalue weighted by Crippen LogP contribution is 2.01. The van der Waals surface area contributed by atoms with E-state index in [4.69, 9.17) is 9.47 Å². The van der Waals surface area contributed by atoms with Gasteiger partial charge in [0.25, 0.3) is 0 Å². The molecule has 0 radical (unpaired) electrons. The Hall–Kier alpha value is -1.55. The third-order valence-electron chi connectivity index (χ3n) is 2.63. The van der Waals surface area contributed by atoms with Crippen LogP contribution in [0.1, 0.15) is 19.4 Å². The maximum atomic E-state index is 11.5. The molecule has 0 aromatic heterocycles. The van der Waals surface area contributed by atoms with Crippen LogP contribution in [0.2, 0.25) is 0 Å². The van der Waals surface area contributed by atoms with Crippen LogP contribution in [0.25, 0.3) is 0 Å². The Morgan fingerprint density at radius 3 is 2.53 bits per heavy atom. The molecule has 4 nitrogen and oxygen atoms in total. The van der Waals surface area contributed by atoms with Crippen LogP contribution < -0.4 is 5.32 Å². The number of rotatable bonds is 5. The van der Waals surface area contributed by atoms with Gasteiger partial charge in [0.2, 0.25) is 0 Å². The molecule has 1 N–H and O–H groups in total. The number of ether oxygens (including phenoxy) is 2. The summed E-state index contributed by atoms with van der Waals surface area (Å²) in [4.78, 5) is 11.5. The Bertz CT molecular complexity index is 340. The van der Waals surface area contributed by atoms with Crippen molar-refractivity contribution in [3.63, 3.8) is 0 Å². The summed E-state index contributed by atoms with van der Waals surface area (Å²) in [5.74, 6) is 0. The molecule has 0 spiro atoms. The van der Waals surface area contributed by atoms with Crippen molar-refractivity contribution >= 4 is 6.09 Å². The smallest absolute Gasteiger partial charge is 0.407 e. The van der Waals surface area contributed by atoms with E-state index < -0.39 is 6.09 Å². The number of hydrogen-bond donors (Lipinski definition) is 1. The van der Waals surface area contributed by atoms with E-state index >= 15 is 0 Å². The Balaban J connectivity index is 2.31. The highest BCUT2D eigenvalue weighted by Gasteiger charge is 2.14. The molecule has 1 aromatic carbocycles. The van der Waals surface area contributed by atoms with Crippen LogP contribution in [0.15, 0.2) is 30.3 Å². The normalized spacial score (nSPS) is 13.8. The molecular formula is C13H19NO3. The van der Waals surface area contributed by atoms with Gasteiger partial charge in [-0.1, -0.05) is 30.3 Å². The maximum Gasteiger partial charge on any atom is 0.407 e. The topological polar surface area (TPSA) is 47.6 Å². The van der Waals surface area contributed by atoms with Gasteiger partial charge in [0.1, 0.15) is 6.61 Å². The van der Waals surface area contributed by atoms with Crippen LogP contribution in [0.3, 0.4) is 0 Å². The first kappa shape index (κ1) is 13.5. The number of alkyl carbamates (subject to hydrolysis) is 1. The number of methoxy groups -OCH3 is 1. The van der Waals surface area contributed by atoms with E-state index in [1.165, 1.54) is 0 Å². The number of nitrogens with one attached hydrogen (secondary N) is 1. The molecule has 0 unspecified atom stereocenters. The molecule has 0 fully saturated rings. The number of amides is 1. The van der Waals surface area contributed by atoms with Crippen LogP contribution in [0, 0.1) is 0 Å². The lowest BCUT2D eigenvalue weighted by atomic mass is 10.2. The predicted octanol–water partition coefficient (Wildman–Crippen LogP) is 2.34. The number of benzene rings is 1. The molecule has 1 amide bonds. The average molecular weight is 237 g/mol. The number of hydrogen-bond acceptors (Lipinski definition) is 3. The molecule has 94 valence electrons. The van der Waals surface area contributed by atoms with Gasteiger partial charge in [0.15, 0.2) is 0 Å². The van der Waals surface area contributed by atoms with Gasteiger partial charge < -0.3 is 14.8 Å². The quantitative estimate of drug-likeness (QED) is 0.855. The average Bonchev–Trinajstić information content (AvgIpc) is 2.36. The van der Waals surface area contributed by atoms with Crippen LogP contribution in [0.5, 0.6) is 0 Å². The third kappa shape index (κ3) is 4.87. The van der Waals surface area contributed by atoms with Crippen molar-refractivity contribution in [2.45, 2.75) is 32.6 Å². The summed E-state index contributed by atoms with van der Waals surface area (Å²) in [6.45, 7) is 4.04. The predicted molar refractivity (Wildman–Crippen MR) is 65.7 cm³/mol. The summed E-state index contributed by atoms with van der Waals surface area (Å²) >= 11 is 0. The highest BCUT2D eigenvalue weighted by molar-refractivity contribution is 5.67. The van der Waals surface area contributed by atoms with Gasteiger partial charge in [-0.15, -0.1) is 0 Å². The molecule has 0 heterocycles. The second-order valence-corrected chi connectivity index (χ2v) is 3.94. The fourth-order valence-corrected chi connectivity index (χ4v) is 1.27. The van der Waals surface area contributed by atoms with E-state index in [9.17, 15) is 4.79 Å². The van der Waals surface area contributed by atoms with Gasteiger partial charge in [-0.05, 0) is 19.4 Å². The lowest BCUT2D eigenvalue weighted by Crippen LogP contribution is -2.40. The van der Waals surface area contributed by atoms with Gasteiger partial charge in [-0.2, -0.15) is 0 Å². The molecule has 2 atom stereocenters. The molecule has 0 saturated heterocycles.